The van der Waals surface area contributed by atoms with Gasteiger partial charge in [-0.05, 0) is 73.3 Å². The van der Waals surface area contributed by atoms with E-state index in [0.29, 0.717) is 30.3 Å². The highest BCUT2D eigenvalue weighted by Crippen LogP contribution is 2.35. The summed E-state index contributed by atoms with van der Waals surface area (Å²) < 4.78 is 25.3. The average molecular weight is 508 g/mol. The molecule has 0 bridgehead atoms. The minimum absolute atomic E-state index is 0.177. The number of nitrogens with zero attached hydrogens (tertiary/aromatic N) is 1. The molecular weight excluding hydrogens is 465 g/mol. The Morgan fingerprint density at radius 2 is 1.62 bits per heavy atom. The Kier molecular flexibility index (Phi) is 11.9. The molecule has 1 aliphatic carbocycles. The van der Waals surface area contributed by atoms with Crippen LogP contribution in [0, 0.1) is 11.3 Å². The van der Waals surface area contributed by atoms with Crippen molar-refractivity contribution in [1.29, 1.82) is 5.26 Å². The number of unbranched alkanes of at least 4 members (excludes halogenated alkanes) is 5. The van der Waals surface area contributed by atoms with Gasteiger partial charge in [-0.3, -0.25) is 0 Å². The summed E-state index contributed by atoms with van der Waals surface area (Å²) in [6.07, 6.45) is 9.41. The number of carbonyl (C=O) groups is 1. The van der Waals surface area contributed by atoms with Crippen molar-refractivity contribution in [3.8, 4) is 22.9 Å². The van der Waals surface area contributed by atoms with Crippen LogP contribution in [-0.4, -0.2) is 24.9 Å². The number of ether oxygens (including phenoxy) is 2. The van der Waals surface area contributed by atoms with Crippen LogP contribution in [0.15, 0.2) is 42.5 Å². The number of hydrogen-bond donors (Lipinski definition) is 0. The van der Waals surface area contributed by atoms with Gasteiger partial charge in [0, 0.05) is 0 Å². The number of halogens is 1. The number of hydrogen-bond acceptors (Lipinski definition) is 4. The molecule has 0 aromatic heterocycles. The molecule has 1 fully saturated rings. The van der Waals surface area contributed by atoms with Crippen molar-refractivity contribution in [2.45, 2.75) is 109 Å². The first kappa shape index (κ1) is 28.7. The summed E-state index contributed by atoms with van der Waals surface area (Å²) in [5, 5.41) is 9.64. The van der Waals surface area contributed by atoms with Gasteiger partial charge < -0.3 is 9.47 Å². The molecule has 3 rings (SSSR count). The predicted octanol–water partition coefficient (Wildman–Crippen LogP) is 8.67. The van der Waals surface area contributed by atoms with Crippen molar-refractivity contribution in [2.24, 2.45) is 0 Å². The number of carbonyl (C=O) groups excluding carboxylic acids is 1. The van der Waals surface area contributed by atoms with Crippen LogP contribution in [0.3, 0.4) is 0 Å². The lowest BCUT2D eigenvalue weighted by molar-refractivity contribution is -0.157. The fourth-order valence-corrected chi connectivity index (χ4v) is 5.01. The van der Waals surface area contributed by atoms with E-state index < -0.39 is 12.1 Å². The van der Waals surface area contributed by atoms with Crippen LogP contribution < -0.4 is 4.74 Å². The first-order chi connectivity index (χ1) is 18.0. The molecule has 5 heteroatoms. The first-order valence-corrected chi connectivity index (χ1v) is 14.2. The second-order valence-corrected chi connectivity index (χ2v) is 10.2. The molecule has 1 saturated carbocycles. The van der Waals surface area contributed by atoms with E-state index in [1.807, 2.05) is 25.1 Å². The lowest BCUT2D eigenvalue weighted by Gasteiger charge is -2.29. The zero-order valence-electron chi connectivity index (χ0n) is 22.5. The van der Waals surface area contributed by atoms with Crippen LogP contribution in [-0.2, 0) is 9.53 Å². The molecule has 200 valence electrons. The molecule has 0 N–H and O–H groups in total. The van der Waals surface area contributed by atoms with Crippen molar-refractivity contribution in [2.75, 3.05) is 6.61 Å². The zero-order valence-corrected chi connectivity index (χ0v) is 22.5. The highest BCUT2D eigenvalue weighted by molar-refractivity contribution is 5.74. The van der Waals surface area contributed by atoms with E-state index in [9.17, 15) is 14.4 Å². The summed E-state index contributed by atoms with van der Waals surface area (Å²) in [5.74, 6) is 0.370. The van der Waals surface area contributed by atoms with E-state index in [1.54, 1.807) is 0 Å². The summed E-state index contributed by atoms with van der Waals surface area (Å²) >= 11 is 0. The Morgan fingerprint density at radius 3 is 2.30 bits per heavy atom. The van der Waals surface area contributed by atoms with Gasteiger partial charge in [0.15, 0.2) is 6.17 Å². The number of alkyl halides is 1. The second-order valence-electron chi connectivity index (χ2n) is 10.2. The molecule has 1 aliphatic rings. The molecule has 4 nitrogen and oxygen atoms in total. The fourth-order valence-electron chi connectivity index (χ4n) is 5.01. The van der Waals surface area contributed by atoms with Crippen LogP contribution in [0.25, 0.3) is 11.1 Å². The van der Waals surface area contributed by atoms with E-state index in [2.05, 4.69) is 37.3 Å². The molecule has 2 aromatic rings. The van der Waals surface area contributed by atoms with E-state index in [-0.39, 0.29) is 12.5 Å². The quantitative estimate of drug-likeness (QED) is 0.190. The van der Waals surface area contributed by atoms with Crippen LogP contribution >= 0.6 is 0 Å². The molecule has 0 spiro atoms. The molecule has 37 heavy (non-hydrogen) atoms. The predicted molar refractivity (Wildman–Crippen MR) is 146 cm³/mol. The molecule has 0 saturated heterocycles. The Balaban J connectivity index is 1.51. The first-order valence-electron chi connectivity index (χ1n) is 14.2. The van der Waals surface area contributed by atoms with Crippen LogP contribution in [0.5, 0.6) is 5.75 Å². The molecule has 0 amide bonds. The number of rotatable bonds is 14. The Hall–Kier alpha value is -2.87. The second kappa shape index (κ2) is 15.4. The van der Waals surface area contributed by atoms with Gasteiger partial charge in [-0.15, -0.1) is 0 Å². The van der Waals surface area contributed by atoms with Crippen molar-refractivity contribution in [1.82, 2.24) is 0 Å². The topological polar surface area (TPSA) is 59.3 Å². The van der Waals surface area contributed by atoms with Crippen LogP contribution in [0.2, 0.25) is 0 Å². The minimum Gasteiger partial charge on any atom is -0.492 e. The number of esters is 1. The van der Waals surface area contributed by atoms with Gasteiger partial charge in [-0.2, -0.15) is 5.26 Å². The van der Waals surface area contributed by atoms with Crippen molar-refractivity contribution >= 4 is 5.97 Å². The summed E-state index contributed by atoms with van der Waals surface area (Å²) in [4.78, 5) is 12.0. The Morgan fingerprint density at radius 1 is 0.946 bits per heavy atom. The largest absolute Gasteiger partial charge is 0.492 e. The van der Waals surface area contributed by atoms with Gasteiger partial charge in [0.25, 0.3) is 0 Å². The SMILES string of the molecule is CCCCCCCOc1ccc(-c2ccc([C@H]3CC[C@H](OC(=O)[C@@H](F)CCCC)CC3)cc2)cc1C#N. The highest BCUT2D eigenvalue weighted by atomic mass is 19.1. The van der Waals surface area contributed by atoms with Gasteiger partial charge in [0.1, 0.15) is 17.9 Å². The van der Waals surface area contributed by atoms with Crippen LogP contribution in [0.4, 0.5) is 4.39 Å². The Bertz CT molecular complexity index is 1010. The summed E-state index contributed by atoms with van der Waals surface area (Å²) in [7, 11) is 0. The standard InChI is InChI=1S/C32H42FNO3/c1-3-5-7-8-9-21-36-31-20-17-27(22-28(31)23-34)26-13-11-24(12-14-26)25-15-18-29(19-16-25)37-32(35)30(33)10-6-4-2/h11-14,17,20,22,25,29-30H,3-10,15-16,18-19,21H2,1-2H3/t25-,29-,30-/m0/s1. The minimum atomic E-state index is -1.50. The fraction of sp³-hybridized carbons (Fsp3) is 0.562. The molecule has 0 unspecified atom stereocenters. The van der Waals surface area contributed by atoms with Gasteiger partial charge >= 0.3 is 5.97 Å². The molecular formula is C32H42FNO3. The van der Waals surface area contributed by atoms with Gasteiger partial charge in [-0.1, -0.05) is 82.7 Å². The number of nitriles is 1. The van der Waals surface area contributed by atoms with Gasteiger partial charge in [0.05, 0.1) is 12.2 Å². The smallest absolute Gasteiger partial charge is 0.340 e. The molecule has 2 aromatic carbocycles. The monoisotopic (exact) mass is 507 g/mol. The van der Waals surface area contributed by atoms with E-state index in [1.165, 1.54) is 24.8 Å². The molecule has 0 aliphatic heterocycles. The molecule has 0 heterocycles. The lowest BCUT2D eigenvalue weighted by atomic mass is 9.82. The third-order valence-corrected chi connectivity index (χ3v) is 7.34. The number of benzene rings is 2. The lowest BCUT2D eigenvalue weighted by Crippen LogP contribution is -2.28. The van der Waals surface area contributed by atoms with Crippen molar-refractivity contribution < 1.29 is 18.7 Å². The normalized spacial score (nSPS) is 18.1. The Labute approximate surface area is 222 Å². The maximum absolute atomic E-state index is 13.9. The molecule has 1 atom stereocenters. The van der Waals surface area contributed by atoms with Crippen molar-refractivity contribution in [3.63, 3.8) is 0 Å². The summed E-state index contributed by atoms with van der Waals surface area (Å²) in [5.41, 5.74) is 3.89. The zero-order chi connectivity index (χ0) is 26.5. The van der Waals surface area contributed by atoms with Gasteiger partial charge in [0.2, 0.25) is 0 Å². The summed E-state index contributed by atoms with van der Waals surface area (Å²) in [6.45, 7) is 4.83. The maximum atomic E-state index is 13.9. The van der Waals surface area contributed by atoms with Crippen molar-refractivity contribution in [3.05, 3.63) is 53.6 Å². The third-order valence-electron chi connectivity index (χ3n) is 7.34. The van der Waals surface area contributed by atoms with Crippen LogP contribution in [0.1, 0.15) is 108 Å². The highest BCUT2D eigenvalue weighted by Gasteiger charge is 2.27. The van der Waals surface area contributed by atoms with E-state index >= 15 is 0 Å². The molecule has 0 radical (unpaired) electrons. The maximum Gasteiger partial charge on any atom is 0.340 e. The summed E-state index contributed by atoms with van der Waals surface area (Å²) in [6, 6.07) is 16.6. The third kappa shape index (κ3) is 8.88. The average Bonchev–Trinajstić information content (AvgIpc) is 2.94. The van der Waals surface area contributed by atoms with E-state index in [4.69, 9.17) is 9.47 Å². The van der Waals surface area contributed by atoms with E-state index in [0.717, 1.165) is 56.1 Å². The van der Waals surface area contributed by atoms with Gasteiger partial charge in [-0.25, -0.2) is 9.18 Å².